The van der Waals surface area contributed by atoms with Crippen molar-refractivity contribution in [3.63, 3.8) is 0 Å². The standard InChI is InChI=1S/C34H43N3/c1-8-25-18-22(5)19-26(9-2)32(25)35-24(7)30-17-16-29-14-12-13-15-31(34(29)36-30)37-33-27(10-3)20-23(6)21-28(33)11-4/h16-21H,8-15H2,1-7H3. The highest BCUT2D eigenvalue weighted by atomic mass is 14.9. The highest BCUT2D eigenvalue weighted by Crippen LogP contribution is 2.32. The number of fused-ring (bicyclic) bond motifs is 1. The molecule has 4 rings (SSSR count). The Hall–Kier alpha value is -3.07. The van der Waals surface area contributed by atoms with E-state index >= 15 is 0 Å². The summed E-state index contributed by atoms with van der Waals surface area (Å²) in [7, 11) is 0. The number of rotatable bonds is 7. The number of benzene rings is 2. The number of pyridine rings is 1. The van der Waals surface area contributed by atoms with Crippen LogP contribution in [-0.4, -0.2) is 16.4 Å². The molecular formula is C34H43N3. The van der Waals surface area contributed by atoms with Gasteiger partial charge in [0, 0.05) is 0 Å². The van der Waals surface area contributed by atoms with Gasteiger partial charge in [0.15, 0.2) is 0 Å². The maximum absolute atomic E-state index is 5.37. The Bertz CT molecular complexity index is 1290. The minimum absolute atomic E-state index is 0.952. The molecule has 0 saturated carbocycles. The van der Waals surface area contributed by atoms with Crippen LogP contribution in [0.15, 0.2) is 46.4 Å². The van der Waals surface area contributed by atoms with Gasteiger partial charge in [0.25, 0.3) is 0 Å². The van der Waals surface area contributed by atoms with Gasteiger partial charge >= 0.3 is 0 Å². The van der Waals surface area contributed by atoms with Crippen molar-refractivity contribution in [2.75, 3.05) is 0 Å². The normalized spacial score (nSPS) is 15.1. The molecule has 1 aromatic heterocycles. The van der Waals surface area contributed by atoms with Gasteiger partial charge in [0.2, 0.25) is 0 Å². The van der Waals surface area contributed by atoms with Crippen LogP contribution in [0, 0.1) is 13.8 Å². The van der Waals surface area contributed by atoms with Crippen molar-refractivity contribution in [3.8, 4) is 0 Å². The number of aliphatic imine (C=N–C) groups is 2. The minimum Gasteiger partial charge on any atom is -0.251 e. The minimum atomic E-state index is 0.952. The van der Waals surface area contributed by atoms with Gasteiger partial charge in [-0.15, -0.1) is 0 Å². The molecular weight excluding hydrogens is 450 g/mol. The SMILES string of the molecule is CCc1cc(C)cc(CC)c1N=C(C)c1ccc2c(n1)C(=Nc1c(CC)cc(C)cc1CC)CCCC2. The molecule has 3 heteroatoms. The maximum Gasteiger partial charge on any atom is 0.0884 e. The fourth-order valence-corrected chi connectivity index (χ4v) is 5.57. The predicted molar refractivity (Wildman–Crippen MR) is 160 cm³/mol. The molecule has 1 heterocycles. The van der Waals surface area contributed by atoms with E-state index in [2.05, 4.69) is 84.9 Å². The number of aryl methyl sites for hydroxylation is 7. The van der Waals surface area contributed by atoms with Crippen molar-refractivity contribution in [3.05, 3.63) is 86.7 Å². The molecule has 0 amide bonds. The van der Waals surface area contributed by atoms with Crippen LogP contribution in [0.4, 0.5) is 11.4 Å². The van der Waals surface area contributed by atoms with Gasteiger partial charge in [-0.05, 0) is 106 Å². The van der Waals surface area contributed by atoms with Crippen molar-refractivity contribution in [2.45, 2.75) is 99.8 Å². The lowest BCUT2D eigenvalue weighted by Crippen LogP contribution is -2.10. The Morgan fingerprint density at radius 3 is 1.78 bits per heavy atom. The lowest BCUT2D eigenvalue weighted by atomic mass is 9.99. The smallest absolute Gasteiger partial charge is 0.0884 e. The van der Waals surface area contributed by atoms with E-state index in [9.17, 15) is 0 Å². The van der Waals surface area contributed by atoms with Crippen LogP contribution >= 0.6 is 0 Å². The summed E-state index contributed by atoms with van der Waals surface area (Å²) in [5, 5.41) is 0. The monoisotopic (exact) mass is 493 g/mol. The van der Waals surface area contributed by atoms with E-state index in [-0.39, 0.29) is 0 Å². The van der Waals surface area contributed by atoms with Gasteiger partial charge in [-0.1, -0.05) is 69.2 Å². The van der Waals surface area contributed by atoms with E-state index < -0.39 is 0 Å². The number of hydrogen-bond donors (Lipinski definition) is 0. The molecule has 0 spiro atoms. The third-order valence-electron chi connectivity index (χ3n) is 7.61. The zero-order chi connectivity index (χ0) is 26.5. The maximum atomic E-state index is 5.37. The number of nitrogens with zero attached hydrogens (tertiary/aromatic N) is 3. The fourth-order valence-electron chi connectivity index (χ4n) is 5.57. The second kappa shape index (κ2) is 12.0. The first-order valence-electron chi connectivity index (χ1n) is 14.3. The van der Waals surface area contributed by atoms with Crippen molar-refractivity contribution < 1.29 is 0 Å². The molecule has 37 heavy (non-hydrogen) atoms. The third-order valence-corrected chi connectivity index (χ3v) is 7.61. The van der Waals surface area contributed by atoms with Crippen molar-refractivity contribution in [2.24, 2.45) is 9.98 Å². The summed E-state index contributed by atoms with van der Waals surface area (Å²) >= 11 is 0. The van der Waals surface area contributed by atoms with E-state index in [1.54, 1.807) is 0 Å². The summed E-state index contributed by atoms with van der Waals surface area (Å²) in [6, 6.07) is 13.6. The Morgan fingerprint density at radius 1 is 0.730 bits per heavy atom. The Balaban J connectivity index is 1.83. The van der Waals surface area contributed by atoms with Crippen LogP contribution in [0.2, 0.25) is 0 Å². The summed E-state index contributed by atoms with van der Waals surface area (Å²) < 4.78 is 0. The van der Waals surface area contributed by atoms with Crippen LogP contribution < -0.4 is 0 Å². The summed E-state index contributed by atoms with van der Waals surface area (Å²) in [6.07, 6.45) is 8.29. The quantitative estimate of drug-likeness (QED) is 0.239. The van der Waals surface area contributed by atoms with E-state index in [0.29, 0.717) is 0 Å². The fraction of sp³-hybridized carbons (Fsp3) is 0.441. The van der Waals surface area contributed by atoms with Crippen LogP contribution in [0.3, 0.4) is 0 Å². The molecule has 2 aromatic carbocycles. The second-order valence-corrected chi connectivity index (χ2v) is 10.4. The van der Waals surface area contributed by atoms with Crippen LogP contribution in [0.25, 0.3) is 0 Å². The van der Waals surface area contributed by atoms with E-state index in [1.165, 1.54) is 45.4 Å². The lowest BCUT2D eigenvalue weighted by molar-refractivity contribution is 0.775. The molecule has 0 bridgehead atoms. The predicted octanol–water partition coefficient (Wildman–Crippen LogP) is 8.94. The van der Waals surface area contributed by atoms with Crippen LogP contribution in [0.1, 0.15) is 104 Å². The molecule has 0 unspecified atom stereocenters. The molecule has 1 aliphatic rings. The summed E-state index contributed by atoms with van der Waals surface area (Å²) in [6.45, 7) is 15.4. The first-order chi connectivity index (χ1) is 17.9. The highest BCUT2D eigenvalue weighted by Gasteiger charge is 2.19. The molecule has 1 aliphatic carbocycles. The third kappa shape index (κ3) is 5.92. The number of hydrogen-bond acceptors (Lipinski definition) is 3. The van der Waals surface area contributed by atoms with Gasteiger partial charge in [0.05, 0.1) is 34.2 Å². The van der Waals surface area contributed by atoms with Crippen molar-refractivity contribution in [1.29, 1.82) is 0 Å². The van der Waals surface area contributed by atoms with Gasteiger partial charge in [-0.2, -0.15) is 0 Å². The molecule has 0 atom stereocenters. The summed E-state index contributed by atoms with van der Waals surface area (Å²) in [4.78, 5) is 15.8. The average Bonchev–Trinajstić information content (AvgIpc) is 3.11. The largest absolute Gasteiger partial charge is 0.251 e. The Labute approximate surface area is 224 Å². The average molecular weight is 494 g/mol. The summed E-state index contributed by atoms with van der Waals surface area (Å²) in [5.74, 6) is 0. The van der Waals surface area contributed by atoms with Crippen molar-refractivity contribution >= 4 is 22.8 Å². The van der Waals surface area contributed by atoms with E-state index in [0.717, 1.165) is 79.1 Å². The van der Waals surface area contributed by atoms with Gasteiger partial charge in [-0.25, -0.2) is 4.98 Å². The molecule has 0 saturated heterocycles. The Morgan fingerprint density at radius 2 is 1.24 bits per heavy atom. The molecule has 3 aromatic rings. The van der Waals surface area contributed by atoms with Gasteiger partial charge in [-0.3, -0.25) is 9.98 Å². The van der Waals surface area contributed by atoms with E-state index in [4.69, 9.17) is 15.0 Å². The zero-order valence-electron chi connectivity index (χ0n) is 24.0. The van der Waals surface area contributed by atoms with Crippen molar-refractivity contribution in [1.82, 2.24) is 4.98 Å². The molecule has 0 fully saturated rings. The molecule has 194 valence electrons. The zero-order valence-corrected chi connectivity index (χ0v) is 24.0. The van der Waals surface area contributed by atoms with Gasteiger partial charge in [0.1, 0.15) is 0 Å². The molecule has 3 nitrogen and oxygen atoms in total. The number of aromatic nitrogens is 1. The van der Waals surface area contributed by atoms with Crippen LogP contribution in [0.5, 0.6) is 0 Å². The van der Waals surface area contributed by atoms with Crippen LogP contribution in [-0.2, 0) is 32.1 Å². The van der Waals surface area contributed by atoms with Gasteiger partial charge < -0.3 is 0 Å². The summed E-state index contributed by atoms with van der Waals surface area (Å²) in [5.41, 5.74) is 15.7. The highest BCUT2D eigenvalue weighted by molar-refractivity contribution is 6.04. The molecule has 0 radical (unpaired) electrons. The topological polar surface area (TPSA) is 37.6 Å². The molecule has 0 N–H and O–H groups in total. The Kier molecular flexibility index (Phi) is 8.74. The van der Waals surface area contributed by atoms with E-state index in [1.807, 2.05) is 0 Å². The first-order valence-corrected chi connectivity index (χ1v) is 14.3. The first kappa shape index (κ1) is 27.0. The second-order valence-electron chi connectivity index (χ2n) is 10.4. The lowest BCUT2D eigenvalue weighted by Gasteiger charge is -2.15. The molecule has 0 aliphatic heterocycles.